The van der Waals surface area contributed by atoms with E-state index in [1.165, 1.54) is 11.3 Å². The van der Waals surface area contributed by atoms with E-state index in [1.807, 2.05) is 37.4 Å². The molecule has 0 radical (unpaired) electrons. The maximum Gasteiger partial charge on any atom is 0.226 e. The molecule has 0 bridgehead atoms. The Morgan fingerprint density at radius 3 is 2.90 bits per heavy atom. The highest BCUT2D eigenvalue weighted by molar-refractivity contribution is 7.13. The van der Waals surface area contributed by atoms with Crippen molar-refractivity contribution < 1.29 is 4.79 Å². The van der Waals surface area contributed by atoms with E-state index in [-0.39, 0.29) is 12.3 Å². The largest absolute Gasteiger partial charge is 0.354 e. The van der Waals surface area contributed by atoms with E-state index in [0.29, 0.717) is 6.54 Å². The Morgan fingerprint density at radius 1 is 1.45 bits per heavy atom. The Balaban J connectivity index is 1.95. The summed E-state index contributed by atoms with van der Waals surface area (Å²) >= 11 is 1.49. The van der Waals surface area contributed by atoms with Gasteiger partial charge >= 0.3 is 0 Å². The fourth-order valence-electron chi connectivity index (χ4n) is 1.55. The van der Waals surface area contributed by atoms with Gasteiger partial charge in [-0.25, -0.2) is 4.98 Å². The van der Waals surface area contributed by atoms with E-state index in [4.69, 9.17) is 5.73 Å². The van der Waals surface area contributed by atoms with Gasteiger partial charge < -0.3 is 11.1 Å². The van der Waals surface area contributed by atoms with Crippen LogP contribution in [-0.2, 0) is 11.2 Å². The summed E-state index contributed by atoms with van der Waals surface area (Å²) in [6.45, 7) is 4.19. The zero-order valence-corrected chi connectivity index (χ0v) is 12.4. The van der Waals surface area contributed by atoms with E-state index in [2.05, 4.69) is 15.3 Å². The number of aromatic nitrogens is 2. The molecule has 0 unspecified atom stereocenters. The molecule has 5 nitrogen and oxygen atoms in total. The average Bonchev–Trinajstić information content (AvgIpc) is 2.85. The molecule has 0 aliphatic heterocycles. The lowest BCUT2D eigenvalue weighted by atomic mass is 10.1. The Hall–Kier alpha value is -1.79. The molecule has 2 aromatic rings. The molecule has 6 heteroatoms. The standard InChI is InChI=1S/C14H18N4OS/c1-14(2,15)9-17-12(19)7-10-8-20-13(18-10)11-5-3-4-6-16-11/h3-6,8H,7,9,15H2,1-2H3,(H,17,19). The maximum absolute atomic E-state index is 11.8. The highest BCUT2D eigenvalue weighted by atomic mass is 32.1. The van der Waals surface area contributed by atoms with Crippen LogP contribution in [0.2, 0.25) is 0 Å². The van der Waals surface area contributed by atoms with Crippen LogP contribution in [-0.4, -0.2) is 28.0 Å². The second-order valence-corrected chi connectivity index (χ2v) is 6.16. The second kappa shape index (κ2) is 6.11. The van der Waals surface area contributed by atoms with Crippen molar-refractivity contribution in [3.8, 4) is 10.7 Å². The van der Waals surface area contributed by atoms with Crippen molar-refractivity contribution in [3.63, 3.8) is 0 Å². The van der Waals surface area contributed by atoms with E-state index >= 15 is 0 Å². The molecule has 2 rings (SSSR count). The lowest BCUT2D eigenvalue weighted by Gasteiger charge is -2.18. The van der Waals surface area contributed by atoms with Gasteiger partial charge in [0, 0.05) is 23.7 Å². The van der Waals surface area contributed by atoms with Crippen molar-refractivity contribution in [1.82, 2.24) is 15.3 Å². The molecule has 20 heavy (non-hydrogen) atoms. The molecule has 0 saturated carbocycles. The molecule has 3 N–H and O–H groups in total. The zero-order valence-electron chi connectivity index (χ0n) is 11.6. The average molecular weight is 290 g/mol. The van der Waals surface area contributed by atoms with Crippen LogP contribution >= 0.6 is 11.3 Å². The fourth-order valence-corrected chi connectivity index (χ4v) is 2.34. The summed E-state index contributed by atoms with van der Waals surface area (Å²) in [4.78, 5) is 20.5. The minimum absolute atomic E-state index is 0.0682. The molecule has 0 fully saturated rings. The Bertz CT molecular complexity index is 574. The summed E-state index contributed by atoms with van der Waals surface area (Å²) in [6, 6.07) is 5.68. The van der Waals surface area contributed by atoms with Gasteiger partial charge in [-0.3, -0.25) is 9.78 Å². The van der Waals surface area contributed by atoms with Crippen molar-refractivity contribution in [1.29, 1.82) is 0 Å². The molecule has 106 valence electrons. The first-order chi connectivity index (χ1) is 9.44. The number of rotatable bonds is 5. The number of nitrogens with two attached hydrogens (primary N) is 1. The molecule has 0 aromatic carbocycles. The minimum Gasteiger partial charge on any atom is -0.354 e. The van der Waals surface area contributed by atoms with Gasteiger partial charge in [-0.05, 0) is 26.0 Å². The van der Waals surface area contributed by atoms with E-state index in [0.717, 1.165) is 16.4 Å². The summed E-state index contributed by atoms with van der Waals surface area (Å²) < 4.78 is 0. The fraction of sp³-hybridized carbons (Fsp3) is 0.357. The van der Waals surface area contributed by atoms with Crippen molar-refractivity contribution in [3.05, 3.63) is 35.5 Å². The second-order valence-electron chi connectivity index (χ2n) is 5.30. The lowest BCUT2D eigenvalue weighted by Crippen LogP contribution is -2.45. The Labute approximate surface area is 122 Å². The highest BCUT2D eigenvalue weighted by Gasteiger charge is 2.14. The van der Waals surface area contributed by atoms with Gasteiger partial charge in [0.2, 0.25) is 5.91 Å². The predicted molar refractivity (Wildman–Crippen MR) is 80.3 cm³/mol. The Morgan fingerprint density at radius 2 is 2.25 bits per heavy atom. The van der Waals surface area contributed by atoms with Crippen LogP contribution in [0.1, 0.15) is 19.5 Å². The smallest absolute Gasteiger partial charge is 0.226 e. The molecular formula is C14H18N4OS. The molecule has 0 aliphatic carbocycles. The third kappa shape index (κ3) is 4.40. The van der Waals surface area contributed by atoms with E-state index < -0.39 is 5.54 Å². The molecule has 0 saturated heterocycles. The minimum atomic E-state index is -0.406. The monoisotopic (exact) mass is 290 g/mol. The van der Waals surface area contributed by atoms with Crippen molar-refractivity contribution >= 4 is 17.2 Å². The van der Waals surface area contributed by atoms with Crippen LogP contribution in [0.4, 0.5) is 0 Å². The third-order valence-electron chi connectivity index (χ3n) is 2.52. The SMILES string of the molecule is CC(C)(N)CNC(=O)Cc1csc(-c2ccccn2)n1. The predicted octanol–water partition coefficient (Wildman–Crippen LogP) is 1.60. The van der Waals surface area contributed by atoms with Crippen LogP contribution in [0.15, 0.2) is 29.8 Å². The molecule has 1 amide bonds. The zero-order chi connectivity index (χ0) is 14.6. The highest BCUT2D eigenvalue weighted by Crippen LogP contribution is 2.21. The number of amides is 1. The summed E-state index contributed by atoms with van der Waals surface area (Å²) in [5.74, 6) is -0.0682. The molecule has 2 heterocycles. The number of hydrogen-bond acceptors (Lipinski definition) is 5. The van der Waals surface area contributed by atoms with Crippen molar-refractivity contribution in [2.75, 3.05) is 6.54 Å². The van der Waals surface area contributed by atoms with Crippen LogP contribution in [0.3, 0.4) is 0 Å². The first kappa shape index (κ1) is 14.6. The third-order valence-corrected chi connectivity index (χ3v) is 3.43. The lowest BCUT2D eigenvalue weighted by molar-refractivity contribution is -0.120. The van der Waals surface area contributed by atoms with Gasteiger partial charge in [0.15, 0.2) is 0 Å². The summed E-state index contributed by atoms with van der Waals surface area (Å²) in [5.41, 5.74) is 6.99. The van der Waals surface area contributed by atoms with E-state index in [9.17, 15) is 4.79 Å². The summed E-state index contributed by atoms with van der Waals surface area (Å²) in [6.07, 6.45) is 1.99. The van der Waals surface area contributed by atoms with Gasteiger partial charge in [-0.15, -0.1) is 11.3 Å². The summed E-state index contributed by atoms with van der Waals surface area (Å²) in [5, 5.41) is 5.52. The molecule has 0 spiro atoms. The number of nitrogens with zero attached hydrogens (tertiary/aromatic N) is 2. The van der Waals surface area contributed by atoms with Crippen molar-refractivity contribution in [2.24, 2.45) is 5.73 Å². The first-order valence-electron chi connectivity index (χ1n) is 6.35. The topological polar surface area (TPSA) is 80.9 Å². The van der Waals surface area contributed by atoms with E-state index in [1.54, 1.807) is 6.20 Å². The molecule has 0 aliphatic rings. The van der Waals surface area contributed by atoms with Gasteiger partial charge in [0.25, 0.3) is 0 Å². The number of nitrogens with one attached hydrogen (secondary N) is 1. The number of thiazole rings is 1. The van der Waals surface area contributed by atoms with Crippen LogP contribution in [0.25, 0.3) is 10.7 Å². The Kier molecular flexibility index (Phi) is 4.46. The normalized spacial score (nSPS) is 11.3. The van der Waals surface area contributed by atoms with Gasteiger partial charge in [0.05, 0.1) is 17.8 Å². The number of hydrogen-bond donors (Lipinski definition) is 2. The number of carbonyl (C=O) groups excluding carboxylic acids is 1. The van der Waals surface area contributed by atoms with Crippen LogP contribution in [0.5, 0.6) is 0 Å². The van der Waals surface area contributed by atoms with Gasteiger partial charge in [-0.1, -0.05) is 6.07 Å². The maximum atomic E-state index is 11.8. The molecule has 2 aromatic heterocycles. The quantitative estimate of drug-likeness (QED) is 0.876. The van der Waals surface area contributed by atoms with Gasteiger partial charge in [-0.2, -0.15) is 0 Å². The summed E-state index contributed by atoms with van der Waals surface area (Å²) in [7, 11) is 0. The van der Waals surface area contributed by atoms with Crippen LogP contribution < -0.4 is 11.1 Å². The molecular weight excluding hydrogens is 272 g/mol. The molecule has 0 atom stereocenters. The van der Waals surface area contributed by atoms with Gasteiger partial charge in [0.1, 0.15) is 5.01 Å². The first-order valence-corrected chi connectivity index (χ1v) is 7.23. The number of carbonyl (C=O) groups is 1. The van der Waals surface area contributed by atoms with Crippen molar-refractivity contribution in [2.45, 2.75) is 25.8 Å². The van der Waals surface area contributed by atoms with Crippen LogP contribution in [0, 0.1) is 0 Å². The number of pyridine rings is 1.